The molecule has 25 heavy (non-hydrogen) atoms. The summed E-state index contributed by atoms with van der Waals surface area (Å²) in [6, 6.07) is 0. The van der Waals surface area contributed by atoms with Gasteiger partial charge >= 0.3 is 5.97 Å². The van der Waals surface area contributed by atoms with Gasteiger partial charge in [0, 0.05) is 17.8 Å². The quantitative estimate of drug-likeness (QED) is 0.158. The Morgan fingerprint density at radius 2 is 1.24 bits per heavy atom. The highest BCUT2D eigenvalue weighted by Gasteiger charge is 1.95. The molecule has 0 bridgehead atoms. The zero-order valence-electron chi connectivity index (χ0n) is 15.3. The van der Waals surface area contributed by atoms with Gasteiger partial charge in [0.25, 0.3) is 0 Å². The van der Waals surface area contributed by atoms with E-state index in [0.717, 1.165) is 64.2 Å². The predicted molar refractivity (Wildman–Crippen MR) is 102 cm³/mol. The molecule has 0 spiro atoms. The molecule has 5 nitrogen and oxygen atoms in total. The molecule has 0 aromatic carbocycles. The summed E-state index contributed by atoms with van der Waals surface area (Å²) < 4.78 is 0. The first-order valence-electron chi connectivity index (χ1n) is 9.41. The van der Waals surface area contributed by atoms with E-state index in [4.69, 9.17) is 5.11 Å². The number of carboxylic acid groups (broad SMARTS) is 1. The van der Waals surface area contributed by atoms with E-state index < -0.39 is 5.97 Å². The normalized spacial score (nSPS) is 11.8. The number of aliphatic carboxylic acids is 1. The van der Waals surface area contributed by atoms with Gasteiger partial charge in [0.1, 0.15) is 0 Å². The molecule has 0 unspecified atom stereocenters. The predicted octanol–water partition coefficient (Wildman–Crippen LogP) is 5.70. The maximum atomic E-state index is 10.3. The number of carbonyl (C=O) groups is 1. The van der Waals surface area contributed by atoms with Crippen molar-refractivity contribution in [3.63, 3.8) is 0 Å². The summed E-state index contributed by atoms with van der Waals surface area (Å²) in [5, 5.41) is 18.7. The first-order chi connectivity index (χ1) is 12.1. The van der Waals surface area contributed by atoms with Crippen LogP contribution in [0.4, 0.5) is 0 Å². The van der Waals surface area contributed by atoms with Crippen LogP contribution in [-0.2, 0) is 4.79 Å². The summed E-state index contributed by atoms with van der Waals surface area (Å²) >= 11 is 0. The number of allylic oxidation sites excluding steroid dienone is 6. The number of hydrogen-bond donors (Lipinski definition) is 1. The van der Waals surface area contributed by atoms with Gasteiger partial charge in [0.15, 0.2) is 0 Å². The third-order valence-electron chi connectivity index (χ3n) is 3.77. The minimum absolute atomic E-state index is 0.0880. The van der Waals surface area contributed by atoms with Crippen LogP contribution in [0, 0.1) is 10.1 Å². The van der Waals surface area contributed by atoms with E-state index in [1.165, 1.54) is 0 Å². The number of nitro groups is 1. The minimum Gasteiger partial charge on any atom is -0.481 e. The third-order valence-corrected chi connectivity index (χ3v) is 3.77. The zero-order chi connectivity index (χ0) is 18.6. The molecule has 0 aliphatic rings. The van der Waals surface area contributed by atoms with E-state index in [2.05, 4.69) is 36.5 Å². The molecular formula is C20H33NO4. The van der Waals surface area contributed by atoms with Crippen LogP contribution < -0.4 is 0 Å². The Balaban J connectivity index is 3.32. The Labute approximate surface area is 151 Å². The highest BCUT2D eigenvalue weighted by Crippen LogP contribution is 2.06. The lowest BCUT2D eigenvalue weighted by atomic mass is 10.1. The van der Waals surface area contributed by atoms with Gasteiger partial charge in [-0.3, -0.25) is 14.9 Å². The summed E-state index contributed by atoms with van der Waals surface area (Å²) in [6.45, 7) is 0.0880. The standard InChI is InChI=1S/C20H33NO4/c22-20(23)18-16-14-12-10-8-6-4-2-1-3-5-7-9-11-13-15-17-19-21(24)25/h1,3-4,6-7,9H,2,5,8,10-19H2,(H,22,23). The fourth-order valence-electron chi connectivity index (χ4n) is 2.35. The first-order valence-corrected chi connectivity index (χ1v) is 9.41. The molecule has 0 atom stereocenters. The van der Waals surface area contributed by atoms with Crippen molar-refractivity contribution in [2.24, 2.45) is 0 Å². The lowest BCUT2D eigenvalue weighted by Crippen LogP contribution is -1.99. The Hall–Kier alpha value is -1.91. The Bertz CT molecular complexity index is 427. The summed E-state index contributed by atoms with van der Waals surface area (Å²) in [7, 11) is 0. The highest BCUT2D eigenvalue weighted by atomic mass is 16.6. The van der Waals surface area contributed by atoms with Gasteiger partial charge in [-0.2, -0.15) is 0 Å². The van der Waals surface area contributed by atoms with Crippen LogP contribution in [0.5, 0.6) is 0 Å². The van der Waals surface area contributed by atoms with Crippen molar-refractivity contribution in [1.82, 2.24) is 0 Å². The fraction of sp³-hybridized carbons (Fsp3) is 0.650. The van der Waals surface area contributed by atoms with Crippen molar-refractivity contribution in [2.75, 3.05) is 6.54 Å². The molecule has 0 amide bonds. The Morgan fingerprint density at radius 1 is 0.760 bits per heavy atom. The van der Waals surface area contributed by atoms with Crippen LogP contribution in [0.1, 0.15) is 77.0 Å². The van der Waals surface area contributed by atoms with E-state index in [1.807, 2.05) is 0 Å². The summed E-state index contributed by atoms with van der Waals surface area (Å²) in [5.41, 5.74) is 0. The van der Waals surface area contributed by atoms with Gasteiger partial charge < -0.3 is 5.11 Å². The van der Waals surface area contributed by atoms with Gasteiger partial charge in [0.2, 0.25) is 6.54 Å². The van der Waals surface area contributed by atoms with E-state index in [-0.39, 0.29) is 17.9 Å². The lowest BCUT2D eigenvalue weighted by molar-refractivity contribution is -0.480. The molecule has 0 aliphatic carbocycles. The Kier molecular flexibility index (Phi) is 17.0. The van der Waals surface area contributed by atoms with E-state index in [0.29, 0.717) is 6.42 Å². The second-order valence-corrected chi connectivity index (χ2v) is 6.14. The SMILES string of the molecule is O=C(O)CCCCCCC=CCC=CCC=CCCCCC[N+](=O)[O-]. The minimum atomic E-state index is -0.700. The van der Waals surface area contributed by atoms with Crippen molar-refractivity contribution < 1.29 is 14.8 Å². The summed E-state index contributed by atoms with van der Waals surface area (Å²) in [4.78, 5) is 20.2. The monoisotopic (exact) mass is 351 g/mol. The van der Waals surface area contributed by atoms with Crippen LogP contribution in [0.25, 0.3) is 0 Å². The van der Waals surface area contributed by atoms with Crippen molar-refractivity contribution in [1.29, 1.82) is 0 Å². The van der Waals surface area contributed by atoms with Crippen molar-refractivity contribution in [2.45, 2.75) is 77.0 Å². The second kappa shape index (κ2) is 18.4. The molecular weight excluding hydrogens is 318 g/mol. The maximum Gasteiger partial charge on any atom is 0.303 e. The average Bonchev–Trinajstić information content (AvgIpc) is 2.56. The van der Waals surface area contributed by atoms with Gasteiger partial charge in [-0.1, -0.05) is 49.3 Å². The molecule has 0 rings (SSSR count). The van der Waals surface area contributed by atoms with Crippen LogP contribution in [0.2, 0.25) is 0 Å². The van der Waals surface area contributed by atoms with Crippen LogP contribution in [0.3, 0.4) is 0 Å². The summed E-state index contributed by atoms with van der Waals surface area (Å²) in [6.07, 6.45) is 23.9. The molecule has 0 aromatic heterocycles. The number of unbranched alkanes of at least 4 members (excludes halogenated alkanes) is 7. The molecule has 0 radical (unpaired) electrons. The largest absolute Gasteiger partial charge is 0.481 e. The number of nitrogens with zero attached hydrogens (tertiary/aromatic N) is 1. The summed E-state index contributed by atoms with van der Waals surface area (Å²) in [5.74, 6) is -0.700. The zero-order valence-corrected chi connectivity index (χ0v) is 15.3. The first kappa shape index (κ1) is 23.1. The highest BCUT2D eigenvalue weighted by molar-refractivity contribution is 5.66. The number of carboxylic acids is 1. The molecule has 0 aliphatic heterocycles. The van der Waals surface area contributed by atoms with Crippen LogP contribution >= 0.6 is 0 Å². The van der Waals surface area contributed by atoms with Gasteiger partial charge in [-0.15, -0.1) is 0 Å². The smallest absolute Gasteiger partial charge is 0.303 e. The number of hydrogen-bond acceptors (Lipinski definition) is 3. The van der Waals surface area contributed by atoms with Crippen LogP contribution in [0.15, 0.2) is 36.5 Å². The average molecular weight is 351 g/mol. The van der Waals surface area contributed by atoms with E-state index in [9.17, 15) is 14.9 Å². The fourth-order valence-corrected chi connectivity index (χ4v) is 2.35. The van der Waals surface area contributed by atoms with E-state index >= 15 is 0 Å². The lowest BCUT2D eigenvalue weighted by Gasteiger charge is -1.96. The molecule has 0 fully saturated rings. The molecule has 0 saturated heterocycles. The van der Waals surface area contributed by atoms with Gasteiger partial charge in [-0.25, -0.2) is 0 Å². The molecule has 0 saturated carbocycles. The third kappa shape index (κ3) is 22.1. The van der Waals surface area contributed by atoms with Crippen LogP contribution in [-0.4, -0.2) is 22.5 Å². The van der Waals surface area contributed by atoms with Gasteiger partial charge in [0.05, 0.1) is 0 Å². The second-order valence-electron chi connectivity index (χ2n) is 6.14. The molecule has 142 valence electrons. The van der Waals surface area contributed by atoms with E-state index in [1.54, 1.807) is 0 Å². The molecule has 1 N–H and O–H groups in total. The maximum absolute atomic E-state index is 10.3. The molecule has 0 heterocycles. The Morgan fingerprint density at radius 3 is 1.76 bits per heavy atom. The number of rotatable bonds is 17. The molecule has 5 heteroatoms. The van der Waals surface area contributed by atoms with Gasteiger partial charge in [-0.05, 0) is 51.4 Å². The molecule has 0 aromatic rings. The van der Waals surface area contributed by atoms with Crippen molar-refractivity contribution in [3.8, 4) is 0 Å². The topological polar surface area (TPSA) is 80.4 Å². The van der Waals surface area contributed by atoms with Crippen molar-refractivity contribution in [3.05, 3.63) is 46.6 Å². The van der Waals surface area contributed by atoms with Crippen molar-refractivity contribution >= 4 is 5.97 Å².